The molecule has 0 aromatic heterocycles. The van der Waals surface area contributed by atoms with E-state index in [1.165, 1.54) is 5.56 Å². The van der Waals surface area contributed by atoms with E-state index in [1.807, 2.05) is 18.2 Å². The maximum absolute atomic E-state index is 12.4. The van der Waals surface area contributed by atoms with Gasteiger partial charge in [-0.25, -0.2) is 0 Å². The summed E-state index contributed by atoms with van der Waals surface area (Å²) < 4.78 is 10.8. The van der Waals surface area contributed by atoms with Gasteiger partial charge in [-0.3, -0.25) is 4.79 Å². The van der Waals surface area contributed by atoms with Crippen molar-refractivity contribution in [3.05, 3.63) is 35.9 Å². The Morgan fingerprint density at radius 2 is 1.90 bits per heavy atom. The Kier molecular flexibility index (Phi) is 4.56. The molecule has 3 rings (SSSR count). The van der Waals surface area contributed by atoms with Crippen LogP contribution in [0.2, 0.25) is 0 Å². The van der Waals surface area contributed by atoms with Crippen LogP contribution in [0.15, 0.2) is 30.3 Å². The molecule has 2 heterocycles. The first-order chi connectivity index (χ1) is 10.3. The third-order valence-electron chi connectivity index (χ3n) is 4.55. The molecule has 0 spiro atoms. The Balaban J connectivity index is 1.71. The monoisotopic (exact) mass is 289 g/mol. The highest BCUT2D eigenvalue weighted by Gasteiger charge is 2.36. The van der Waals surface area contributed by atoms with Gasteiger partial charge in [0.15, 0.2) is 0 Å². The van der Waals surface area contributed by atoms with Crippen molar-refractivity contribution in [2.24, 2.45) is 5.92 Å². The third kappa shape index (κ3) is 3.44. The molecule has 2 aliphatic heterocycles. The fourth-order valence-corrected chi connectivity index (χ4v) is 3.29. The van der Waals surface area contributed by atoms with E-state index in [2.05, 4.69) is 17.4 Å². The maximum atomic E-state index is 12.4. The molecule has 1 atom stereocenters. The van der Waals surface area contributed by atoms with Crippen molar-refractivity contribution < 1.29 is 14.3 Å². The van der Waals surface area contributed by atoms with Gasteiger partial charge in [-0.2, -0.15) is 0 Å². The van der Waals surface area contributed by atoms with Crippen LogP contribution in [0.3, 0.4) is 0 Å². The van der Waals surface area contributed by atoms with Gasteiger partial charge in [-0.15, -0.1) is 0 Å². The van der Waals surface area contributed by atoms with Gasteiger partial charge in [0.25, 0.3) is 0 Å². The van der Waals surface area contributed by atoms with Crippen molar-refractivity contribution in [1.82, 2.24) is 5.32 Å². The van der Waals surface area contributed by atoms with Gasteiger partial charge in [0.2, 0.25) is 5.91 Å². The lowest BCUT2D eigenvalue weighted by molar-refractivity contribution is -0.125. The van der Waals surface area contributed by atoms with Gasteiger partial charge in [-0.1, -0.05) is 30.3 Å². The van der Waals surface area contributed by atoms with Crippen LogP contribution in [0, 0.1) is 5.92 Å². The lowest BCUT2D eigenvalue weighted by atomic mass is 9.82. The summed E-state index contributed by atoms with van der Waals surface area (Å²) in [5, 5.41) is 3.30. The molecule has 2 aliphatic rings. The molecule has 0 bridgehead atoms. The Hall–Kier alpha value is -1.39. The molecule has 0 saturated carbocycles. The standard InChI is InChI=1S/C17H23NO3/c19-16(12-14-6-9-21-13-14)18-17(7-10-20-11-8-17)15-4-2-1-3-5-15/h1-5,14H,6-13H2,(H,18,19)/t14-/m0/s1. The molecule has 1 aromatic rings. The summed E-state index contributed by atoms with van der Waals surface area (Å²) >= 11 is 0. The largest absolute Gasteiger partial charge is 0.381 e. The first kappa shape index (κ1) is 14.5. The minimum Gasteiger partial charge on any atom is -0.381 e. The van der Waals surface area contributed by atoms with Crippen LogP contribution in [0.1, 0.15) is 31.2 Å². The van der Waals surface area contributed by atoms with Crippen molar-refractivity contribution in [3.63, 3.8) is 0 Å². The van der Waals surface area contributed by atoms with Crippen LogP contribution in [0.25, 0.3) is 0 Å². The molecule has 2 saturated heterocycles. The summed E-state index contributed by atoms with van der Waals surface area (Å²) in [5.41, 5.74) is 0.917. The predicted molar refractivity (Wildman–Crippen MR) is 79.9 cm³/mol. The van der Waals surface area contributed by atoms with Crippen molar-refractivity contribution in [3.8, 4) is 0 Å². The zero-order valence-corrected chi connectivity index (χ0v) is 12.3. The Labute approximate surface area is 125 Å². The van der Waals surface area contributed by atoms with E-state index < -0.39 is 0 Å². The zero-order chi connectivity index (χ0) is 14.5. The Morgan fingerprint density at radius 3 is 2.57 bits per heavy atom. The van der Waals surface area contributed by atoms with Gasteiger partial charge in [-0.05, 0) is 30.7 Å². The predicted octanol–water partition coefficient (Wildman–Crippen LogP) is 2.24. The molecule has 2 fully saturated rings. The number of amides is 1. The van der Waals surface area contributed by atoms with Crippen LogP contribution >= 0.6 is 0 Å². The molecule has 0 unspecified atom stereocenters. The van der Waals surface area contributed by atoms with E-state index in [-0.39, 0.29) is 11.4 Å². The van der Waals surface area contributed by atoms with Crippen molar-refractivity contribution in [2.75, 3.05) is 26.4 Å². The third-order valence-corrected chi connectivity index (χ3v) is 4.55. The first-order valence-electron chi connectivity index (χ1n) is 7.80. The van der Waals surface area contributed by atoms with E-state index in [1.54, 1.807) is 0 Å². The molecule has 114 valence electrons. The summed E-state index contributed by atoms with van der Waals surface area (Å²) in [5.74, 6) is 0.508. The van der Waals surface area contributed by atoms with Crippen molar-refractivity contribution in [1.29, 1.82) is 0 Å². The molecular weight excluding hydrogens is 266 g/mol. The molecule has 1 amide bonds. The van der Waals surface area contributed by atoms with E-state index in [4.69, 9.17) is 9.47 Å². The van der Waals surface area contributed by atoms with E-state index >= 15 is 0 Å². The summed E-state index contributed by atoms with van der Waals surface area (Å²) in [4.78, 5) is 12.4. The second-order valence-corrected chi connectivity index (χ2v) is 6.04. The molecule has 1 N–H and O–H groups in total. The lowest BCUT2D eigenvalue weighted by Crippen LogP contribution is -2.49. The number of hydrogen-bond donors (Lipinski definition) is 1. The summed E-state index contributed by atoms with van der Waals surface area (Å²) in [7, 11) is 0. The number of hydrogen-bond acceptors (Lipinski definition) is 3. The molecule has 0 aliphatic carbocycles. The molecule has 4 nitrogen and oxygen atoms in total. The number of carbonyl (C=O) groups excluding carboxylic acids is 1. The quantitative estimate of drug-likeness (QED) is 0.924. The lowest BCUT2D eigenvalue weighted by Gasteiger charge is -2.38. The molecule has 1 aromatic carbocycles. The first-order valence-corrected chi connectivity index (χ1v) is 7.80. The number of rotatable bonds is 4. The second kappa shape index (κ2) is 6.58. The topological polar surface area (TPSA) is 47.6 Å². The van der Waals surface area contributed by atoms with Gasteiger partial charge >= 0.3 is 0 Å². The van der Waals surface area contributed by atoms with Crippen LogP contribution < -0.4 is 5.32 Å². The highest BCUT2D eigenvalue weighted by atomic mass is 16.5. The number of benzene rings is 1. The molecule has 21 heavy (non-hydrogen) atoms. The van der Waals surface area contributed by atoms with E-state index in [0.29, 0.717) is 25.6 Å². The average molecular weight is 289 g/mol. The smallest absolute Gasteiger partial charge is 0.221 e. The fourth-order valence-electron chi connectivity index (χ4n) is 3.29. The Morgan fingerprint density at radius 1 is 1.14 bits per heavy atom. The summed E-state index contributed by atoms with van der Waals surface area (Å²) in [6.45, 7) is 2.90. The number of nitrogens with one attached hydrogen (secondary N) is 1. The average Bonchev–Trinajstić information content (AvgIpc) is 3.02. The van der Waals surface area contributed by atoms with E-state index in [9.17, 15) is 4.79 Å². The zero-order valence-electron chi connectivity index (χ0n) is 12.3. The summed E-state index contributed by atoms with van der Waals surface area (Å²) in [6.07, 6.45) is 3.23. The molecular formula is C17H23NO3. The summed E-state index contributed by atoms with van der Waals surface area (Å²) in [6, 6.07) is 10.3. The highest BCUT2D eigenvalue weighted by Crippen LogP contribution is 2.32. The second-order valence-electron chi connectivity index (χ2n) is 6.04. The Bertz CT molecular complexity index is 462. The number of ether oxygens (including phenoxy) is 2. The fraction of sp³-hybridized carbons (Fsp3) is 0.588. The van der Waals surface area contributed by atoms with Crippen molar-refractivity contribution in [2.45, 2.75) is 31.2 Å². The van der Waals surface area contributed by atoms with E-state index in [0.717, 1.165) is 32.5 Å². The van der Waals surface area contributed by atoms with Gasteiger partial charge in [0.05, 0.1) is 5.54 Å². The molecule has 0 radical (unpaired) electrons. The SMILES string of the molecule is O=C(C[C@@H]1CCOC1)NC1(c2ccccc2)CCOCC1. The van der Waals surface area contributed by atoms with Crippen LogP contribution in [-0.2, 0) is 19.8 Å². The molecule has 4 heteroatoms. The minimum atomic E-state index is -0.268. The van der Waals surface area contributed by atoms with Crippen LogP contribution in [0.5, 0.6) is 0 Å². The van der Waals surface area contributed by atoms with Gasteiger partial charge < -0.3 is 14.8 Å². The van der Waals surface area contributed by atoms with Crippen molar-refractivity contribution >= 4 is 5.91 Å². The van der Waals surface area contributed by atoms with Gasteiger partial charge in [0.1, 0.15) is 0 Å². The highest BCUT2D eigenvalue weighted by molar-refractivity contribution is 5.77. The van der Waals surface area contributed by atoms with Gasteiger partial charge in [0, 0.05) is 32.8 Å². The maximum Gasteiger partial charge on any atom is 0.221 e. The minimum absolute atomic E-state index is 0.135. The van der Waals surface area contributed by atoms with Crippen LogP contribution in [-0.4, -0.2) is 32.3 Å². The number of carbonyl (C=O) groups is 1. The normalized spacial score (nSPS) is 24.7. The van der Waals surface area contributed by atoms with Crippen LogP contribution in [0.4, 0.5) is 0 Å².